The first-order valence-electron chi connectivity index (χ1n) is 6.99. The van der Waals surface area contributed by atoms with Crippen molar-refractivity contribution in [2.24, 2.45) is 0 Å². The third-order valence-electron chi connectivity index (χ3n) is 3.15. The summed E-state index contributed by atoms with van der Waals surface area (Å²) in [6.07, 6.45) is 0. The quantitative estimate of drug-likeness (QED) is 0.823. The van der Waals surface area contributed by atoms with Crippen molar-refractivity contribution < 1.29 is 9.13 Å². The maximum atomic E-state index is 13.3. The zero-order valence-corrected chi connectivity index (χ0v) is 12.8. The van der Waals surface area contributed by atoms with Crippen LogP contribution in [0.4, 0.5) is 4.39 Å². The van der Waals surface area contributed by atoms with Gasteiger partial charge in [-0.05, 0) is 41.8 Å². The average Bonchev–Trinajstić information content (AvgIpc) is 2.45. The summed E-state index contributed by atoms with van der Waals surface area (Å²) in [4.78, 5) is 0. The van der Waals surface area contributed by atoms with E-state index in [-0.39, 0.29) is 5.82 Å². The molecule has 0 unspecified atom stereocenters. The lowest BCUT2D eigenvalue weighted by molar-refractivity contribution is 0.133. The molecule has 0 amide bonds. The van der Waals surface area contributed by atoms with Crippen molar-refractivity contribution in [1.29, 1.82) is 0 Å². The minimum absolute atomic E-state index is 0.309. The predicted molar refractivity (Wildman–Crippen MR) is 83.7 cm³/mol. The molecular weight excluding hydrogens is 289 g/mol. The van der Waals surface area contributed by atoms with Gasteiger partial charge in [0.15, 0.2) is 0 Å². The Morgan fingerprint density at radius 3 is 2.57 bits per heavy atom. The molecule has 0 aliphatic carbocycles. The number of ether oxygens (including phenoxy) is 1. The van der Waals surface area contributed by atoms with Crippen molar-refractivity contribution in [3.05, 3.63) is 70.0 Å². The van der Waals surface area contributed by atoms with E-state index in [2.05, 4.69) is 17.4 Å². The normalized spacial score (nSPS) is 10.8. The van der Waals surface area contributed by atoms with Crippen molar-refractivity contribution in [3.8, 4) is 0 Å². The van der Waals surface area contributed by atoms with E-state index < -0.39 is 0 Å². The monoisotopic (exact) mass is 307 g/mol. The molecule has 0 atom stereocenters. The molecule has 0 aliphatic heterocycles. The van der Waals surface area contributed by atoms with Gasteiger partial charge in [-0.1, -0.05) is 35.9 Å². The fraction of sp³-hybridized carbons (Fsp3) is 0.294. The molecule has 0 aliphatic rings. The minimum atomic E-state index is -0.309. The molecule has 4 heteroatoms. The van der Waals surface area contributed by atoms with Crippen LogP contribution in [-0.2, 0) is 24.4 Å². The molecule has 0 aromatic heterocycles. The van der Waals surface area contributed by atoms with Crippen LogP contribution >= 0.6 is 11.6 Å². The highest BCUT2D eigenvalue weighted by molar-refractivity contribution is 6.30. The van der Waals surface area contributed by atoms with Gasteiger partial charge >= 0.3 is 0 Å². The number of hydrogen-bond donors (Lipinski definition) is 1. The third kappa shape index (κ3) is 5.12. The molecule has 2 aromatic carbocycles. The first-order valence-corrected chi connectivity index (χ1v) is 7.37. The Hall–Kier alpha value is -1.42. The Labute approximate surface area is 129 Å². The summed E-state index contributed by atoms with van der Waals surface area (Å²) in [5, 5.41) is 3.73. The first kappa shape index (κ1) is 16.0. The molecule has 0 heterocycles. The summed E-state index contributed by atoms with van der Waals surface area (Å²) < 4.78 is 18.7. The van der Waals surface area contributed by atoms with Gasteiger partial charge in [0.1, 0.15) is 5.82 Å². The molecule has 0 saturated heterocycles. The van der Waals surface area contributed by atoms with Gasteiger partial charge in [0, 0.05) is 24.7 Å². The molecule has 0 radical (unpaired) electrons. The van der Waals surface area contributed by atoms with Crippen LogP contribution in [0.1, 0.15) is 23.6 Å². The zero-order valence-electron chi connectivity index (χ0n) is 12.0. The molecule has 2 rings (SSSR count). The zero-order chi connectivity index (χ0) is 15.1. The van der Waals surface area contributed by atoms with E-state index in [9.17, 15) is 4.39 Å². The van der Waals surface area contributed by atoms with Crippen LogP contribution in [0.3, 0.4) is 0 Å². The van der Waals surface area contributed by atoms with Gasteiger partial charge < -0.3 is 10.1 Å². The largest absolute Gasteiger partial charge is 0.377 e. The van der Waals surface area contributed by atoms with Crippen LogP contribution in [0.2, 0.25) is 5.02 Å². The second kappa shape index (κ2) is 8.13. The van der Waals surface area contributed by atoms with Crippen LogP contribution in [0.5, 0.6) is 0 Å². The second-order valence-electron chi connectivity index (χ2n) is 4.79. The predicted octanol–water partition coefficient (Wildman–Crippen LogP) is 4.31. The van der Waals surface area contributed by atoms with Gasteiger partial charge in [0.2, 0.25) is 0 Å². The van der Waals surface area contributed by atoms with E-state index in [4.69, 9.17) is 16.3 Å². The lowest BCUT2D eigenvalue weighted by Gasteiger charge is -2.11. The number of hydrogen-bond acceptors (Lipinski definition) is 2. The van der Waals surface area contributed by atoms with E-state index in [1.54, 1.807) is 6.07 Å². The third-order valence-corrected chi connectivity index (χ3v) is 3.37. The highest BCUT2D eigenvalue weighted by Crippen LogP contribution is 2.15. The fourth-order valence-electron chi connectivity index (χ4n) is 2.14. The molecule has 0 fully saturated rings. The van der Waals surface area contributed by atoms with E-state index >= 15 is 0 Å². The van der Waals surface area contributed by atoms with Gasteiger partial charge in [0.25, 0.3) is 0 Å². The lowest BCUT2D eigenvalue weighted by Crippen LogP contribution is -2.14. The highest BCUT2D eigenvalue weighted by atomic mass is 35.5. The smallest absolute Gasteiger partial charge is 0.125 e. The van der Waals surface area contributed by atoms with Gasteiger partial charge in [-0.3, -0.25) is 0 Å². The molecular formula is C17H19ClFNO. The van der Waals surface area contributed by atoms with E-state index in [0.29, 0.717) is 31.3 Å². The number of nitrogens with one attached hydrogen (secondary N) is 1. The molecule has 2 nitrogen and oxygen atoms in total. The van der Waals surface area contributed by atoms with Gasteiger partial charge in [-0.2, -0.15) is 0 Å². The van der Waals surface area contributed by atoms with Gasteiger partial charge in [-0.25, -0.2) is 4.39 Å². The fourth-order valence-corrected chi connectivity index (χ4v) is 2.38. The van der Waals surface area contributed by atoms with Crippen molar-refractivity contribution in [3.63, 3.8) is 0 Å². The first-order chi connectivity index (χ1) is 10.2. The molecule has 1 N–H and O–H groups in total. The Kier molecular flexibility index (Phi) is 6.18. The van der Waals surface area contributed by atoms with Gasteiger partial charge in [-0.15, -0.1) is 0 Å². The second-order valence-corrected chi connectivity index (χ2v) is 5.22. The molecule has 112 valence electrons. The van der Waals surface area contributed by atoms with Crippen molar-refractivity contribution in [2.75, 3.05) is 6.61 Å². The van der Waals surface area contributed by atoms with Crippen LogP contribution in [0, 0.1) is 5.82 Å². The summed E-state index contributed by atoms with van der Waals surface area (Å²) in [5.74, 6) is -0.309. The highest BCUT2D eigenvalue weighted by Gasteiger charge is 2.03. The summed E-state index contributed by atoms with van der Waals surface area (Å²) >= 11 is 5.84. The SMILES string of the molecule is CCOCc1ccccc1CNCc1cc(F)cc(Cl)c1. The standard InChI is InChI=1S/C17H19ClFNO/c1-2-21-12-15-6-4-3-5-14(15)11-20-10-13-7-16(18)9-17(19)8-13/h3-9,20H,2,10-12H2,1H3. The topological polar surface area (TPSA) is 21.3 Å². The van der Waals surface area contributed by atoms with E-state index in [1.807, 2.05) is 19.1 Å². The molecule has 21 heavy (non-hydrogen) atoms. The number of benzene rings is 2. The maximum absolute atomic E-state index is 13.3. The van der Waals surface area contributed by atoms with Gasteiger partial charge in [0.05, 0.1) is 6.61 Å². The Morgan fingerprint density at radius 2 is 1.86 bits per heavy atom. The Morgan fingerprint density at radius 1 is 1.10 bits per heavy atom. The summed E-state index contributed by atoms with van der Waals surface area (Å²) in [6.45, 7) is 4.57. The molecule has 2 aromatic rings. The molecule has 0 saturated carbocycles. The van der Waals surface area contributed by atoms with Crippen molar-refractivity contribution >= 4 is 11.6 Å². The van der Waals surface area contributed by atoms with Crippen LogP contribution in [-0.4, -0.2) is 6.61 Å². The molecule has 0 bridgehead atoms. The lowest BCUT2D eigenvalue weighted by atomic mass is 10.1. The van der Waals surface area contributed by atoms with Crippen LogP contribution < -0.4 is 5.32 Å². The van der Waals surface area contributed by atoms with E-state index in [0.717, 1.165) is 5.56 Å². The Bertz CT molecular complexity index is 569. The van der Waals surface area contributed by atoms with Crippen LogP contribution in [0.25, 0.3) is 0 Å². The number of rotatable bonds is 7. The van der Waals surface area contributed by atoms with Crippen molar-refractivity contribution in [1.82, 2.24) is 5.32 Å². The van der Waals surface area contributed by atoms with Crippen molar-refractivity contribution in [2.45, 2.75) is 26.6 Å². The van der Waals surface area contributed by atoms with E-state index in [1.165, 1.54) is 23.3 Å². The Balaban J connectivity index is 1.94. The average molecular weight is 308 g/mol. The summed E-state index contributed by atoms with van der Waals surface area (Å²) in [5.41, 5.74) is 3.19. The van der Waals surface area contributed by atoms with Crippen LogP contribution in [0.15, 0.2) is 42.5 Å². The summed E-state index contributed by atoms with van der Waals surface area (Å²) in [6, 6.07) is 12.7. The number of halogens is 2. The minimum Gasteiger partial charge on any atom is -0.377 e. The summed E-state index contributed by atoms with van der Waals surface area (Å²) in [7, 11) is 0. The molecule has 0 spiro atoms. The maximum Gasteiger partial charge on any atom is 0.125 e.